The largest absolute Gasteiger partial charge is 0.472 e. The molecular formula is C69H114NO8P. The number of unbranched alkanes of at least 4 members (excludes halogenated alkanes) is 20. The van der Waals surface area contributed by atoms with Gasteiger partial charge in [0, 0.05) is 19.4 Å². The molecule has 0 amide bonds. The average molecular weight is 1120 g/mol. The Labute approximate surface area is 484 Å². The highest BCUT2D eigenvalue weighted by atomic mass is 31.2. The van der Waals surface area contributed by atoms with E-state index >= 15 is 0 Å². The van der Waals surface area contributed by atoms with Gasteiger partial charge in [0.15, 0.2) is 6.10 Å². The maximum absolute atomic E-state index is 12.7. The molecule has 0 aliphatic heterocycles. The lowest BCUT2D eigenvalue weighted by Gasteiger charge is -2.19. The lowest BCUT2D eigenvalue weighted by Crippen LogP contribution is -2.29. The van der Waals surface area contributed by atoms with Gasteiger partial charge in [0.05, 0.1) is 13.2 Å². The minimum absolute atomic E-state index is 0.0452. The van der Waals surface area contributed by atoms with Crippen molar-refractivity contribution in [3.8, 4) is 0 Å². The lowest BCUT2D eigenvalue weighted by atomic mass is 10.0. The fourth-order valence-electron chi connectivity index (χ4n) is 8.11. The molecule has 10 heteroatoms. The van der Waals surface area contributed by atoms with Gasteiger partial charge in [-0.1, -0.05) is 256 Å². The Kier molecular flexibility index (Phi) is 59.8. The Bertz CT molecular complexity index is 1800. The van der Waals surface area contributed by atoms with Crippen molar-refractivity contribution in [1.29, 1.82) is 0 Å². The third kappa shape index (κ3) is 62.9. The first-order valence-electron chi connectivity index (χ1n) is 31.3. The van der Waals surface area contributed by atoms with Gasteiger partial charge in [-0.3, -0.25) is 18.6 Å². The van der Waals surface area contributed by atoms with Crippen molar-refractivity contribution < 1.29 is 37.6 Å². The molecule has 2 atom stereocenters. The van der Waals surface area contributed by atoms with Gasteiger partial charge in [-0.2, -0.15) is 0 Å². The number of hydrogen-bond donors (Lipinski definition) is 2. The minimum Gasteiger partial charge on any atom is -0.462 e. The van der Waals surface area contributed by atoms with E-state index in [1.807, 2.05) is 0 Å². The average Bonchev–Trinajstić information content (AvgIpc) is 3.44. The van der Waals surface area contributed by atoms with Crippen LogP contribution in [0.5, 0.6) is 0 Å². The Morgan fingerprint density at radius 3 is 1.04 bits per heavy atom. The van der Waals surface area contributed by atoms with Crippen LogP contribution in [-0.2, 0) is 32.7 Å². The highest BCUT2D eigenvalue weighted by Crippen LogP contribution is 2.43. The smallest absolute Gasteiger partial charge is 0.462 e. The summed E-state index contributed by atoms with van der Waals surface area (Å²) in [6.07, 6.45) is 90.5. The van der Waals surface area contributed by atoms with Crippen LogP contribution in [0.3, 0.4) is 0 Å². The van der Waals surface area contributed by atoms with E-state index in [1.165, 1.54) is 83.5 Å². The zero-order valence-electron chi connectivity index (χ0n) is 50.0. The van der Waals surface area contributed by atoms with Gasteiger partial charge in [-0.05, 0) is 122 Å². The normalized spacial score (nSPS) is 14.0. The molecule has 9 nitrogen and oxygen atoms in total. The third-order valence-electron chi connectivity index (χ3n) is 12.7. The molecule has 0 radical (unpaired) electrons. The molecule has 0 aromatic heterocycles. The van der Waals surface area contributed by atoms with Crippen LogP contribution in [0.4, 0.5) is 0 Å². The van der Waals surface area contributed by atoms with Crippen LogP contribution in [0.2, 0.25) is 0 Å². The van der Waals surface area contributed by atoms with Crippen LogP contribution >= 0.6 is 7.82 Å². The molecule has 0 bridgehead atoms. The molecule has 448 valence electrons. The van der Waals surface area contributed by atoms with Crippen molar-refractivity contribution in [2.24, 2.45) is 5.73 Å². The topological polar surface area (TPSA) is 134 Å². The predicted molar refractivity (Wildman–Crippen MR) is 339 cm³/mol. The zero-order valence-corrected chi connectivity index (χ0v) is 50.9. The first-order chi connectivity index (χ1) is 38.8. The molecule has 0 aliphatic rings. The van der Waals surface area contributed by atoms with Crippen molar-refractivity contribution in [3.05, 3.63) is 146 Å². The summed E-state index contributed by atoms with van der Waals surface area (Å²) in [6, 6.07) is 0. The van der Waals surface area contributed by atoms with Crippen molar-refractivity contribution in [2.75, 3.05) is 26.4 Å². The number of phosphoric ester groups is 1. The number of hydrogen-bond acceptors (Lipinski definition) is 8. The first kappa shape index (κ1) is 74.9. The van der Waals surface area contributed by atoms with Gasteiger partial charge in [-0.25, -0.2) is 4.57 Å². The number of phosphoric acid groups is 1. The van der Waals surface area contributed by atoms with Gasteiger partial charge in [0.1, 0.15) is 6.61 Å². The summed E-state index contributed by atoms with van der Waals surface area (Å²) in [5.41, 5.74) is 5.38. The Morgan fingerprint density at radius 1 is 0.392 bits per heavy atom. The number of allylic oxidation sites excluding steroid dienone is 24. The molecule has 0 aromatic rings. The molecule has 3 N–H and O–H groups in total. The minimum atomic E-state index is -4.40. The van der Waals surface area contributed by atoms with Crippen molar-refractivity contribution >= 4 is 19.8 Å². The van der Waals surface area contributed by atoms with Crippen LogP contribution in [0.1, 0.15) is 245 Å². The Hall–Kier alpha value is -4.11. The number of rotatable bonds is 57. The summed E-state index contributed by atoms with van der Waals surface area (Å²) < 4.78 is 33.0. The highest BCUT2D eigenvalue weighted by Gasteiger charge is 2.26. The molecule has 0 aliphatic carbocycles. The highest BCUT2D eigenvalue weighted by molar-refractivity contribution is 7.47. The third-order valence-corrected chi connectivity index (χ3v) is 13.7. The molecular weight excluding hydrogens is 1000 g/mol. The van der Waals surface area contributed by atoms with E-state index in [1.54, 1.807) is 0 Å². The molecule has 0 rings (SSSR count). The van der Waals surface area contributed by atoms with E-state index in [-0.39, 0.29) is 32.6 Å². The van der Waals surface area contributed by atoms with E-state index in [4.69, 9.17) is 24.3 Å². The monoisotopic (exact) mass is 1120 g/mol. The second-order valence-electron chi connectivity index (χ2n) is 20.2. The van der Waals surface area contributed by atoms with E-state index in [2.05, 4.69) is 160 Å². The van der Waals surface area contributed by atoms with Crippen LogP contribution in [0.25, 0.3) is 0 Å². The van der Waals surface area contributed by atoms with E-state index in [0.717, 1.165) is 128 Å². The molecule has 0 aromatic carbocycles. The van der Waals surface area contributed by atoms with E-state index < -0.39 is 32.5 Å². The quantitative estimate of drug-likeness (QED) is 0.0264. The standard InChI is InChI=1S/C69H114NO8P/c1-3-5-7-9-11-13-15-17-19-21-22-23-24-25-26-27-28-29-30-31-32-33-34-35-36-37-38-39-40-41-42-43-44-46-48-50-52-54-56-58-60-62-69(72)78-67(66-77-79(73,74)76-64-63-70)65-75-68(71)61-59-57-55-53-51-49-47-45-20-18-16-14-12-10-8-6-4-2/h5,7,11-14,17-20,22-23,25-26,28-29,31-32,34-35,37-38,40-41,67H,3-4,6,8-10,15-16,21,24,27,30,33,36,39,42-66,70H2,1-2H3,(H,73,74)/b7-5-,13-11-,14-12-,19-17-,20-18-,23-22-,26-25-,29-28-,32-31-,35-34-,38-37-,41-40-. The van der Waals surface area contributed by atoms with Gasteiger partial charge in [0.25, 0.3) is 0 Å². The number of carbonyl (C=O) groups excluding carboxylic acids is 2. The predicted octanol–water partition coefficient (Wildman–Crippen LogP) is 20.3. The first-order valence-corrected chi connectivity index (χ1v) is 32.8. The maximum atomic E-state index is 12.7. The van der Waals surface area contributed by atoms with Crippen molar-refractivity contribution in [2.45, 2.75) is 251 Å². The number of ether oxygens (including phenoxy) is 2. The van der Waals surface area contributed by atoms with Crippen LogP contribution in [0, 0.1) is 0 Å². The molecule has 0 heterocycles. The molecule has 0 fully saturated rings. The summed E-state index contributed by atoms with van der Waals surface area (Å²) in [7, 11) is -4.40. The van der Waals surface area contributed by atoms with Gasteiger partial charge >= 0.3 is 19.8 Å². The molecule has 79 heavy (non-hydrogen) atoms. The summed E-state index contributed by atoms with van der Waals surface area (Å²) in [5.74, 6) is -0.848. The SMILES string of the molecule is CC/C=C\C/C=C\C/C=C\C/C=C\C/C=C\C/C=C\C/C=C\C/C=C\C/C=C\C/C=C\CCCCCCCCCCCCC(=O)OC(COC(=O)CCCCCCCCC/C=C\C/C=C\CCCCC)COP(=O)(O)OCCN. The zero-order chi connectivity index (χ0) is 57.3. The fraction of sp³-hybridized carbons (Fsp3) is 0.623. The van der Waals surface area contributed by atoms with Gasteiger partial charge < -0.3 is 20.1 Å². The Balaban J connectivity index is 3.97. The molecule has 2 unspecified atom stereocenters. The molecule has 0 saturated carbocycles. The van der Waals surface area contributed by atoms with E-state index in [0.29, 0.717) is 6.42 Å². The second-order valence-corrected chi connectivity index (χ2v) is 21.6. The second kappa shape index (κ2) is 63.1. The van der Waals surface area contributed by atoms with Gasteiger partial charge in [-0.15, -0.1) is 0 Å². The van der Waals surface area contributed by atoms with Gasteiger partial charge in [0.2, 0.25) is 0 Å². The van der Waals surface area contributed by atoms with Crippen molar-refractivity contribution in [3.63, 3.8) is 0 Å². The Morgan fingerprint density at radius 2 is 0.696 bits per heavy atom. The fourth-order valence-corrected chi connectivity index (χ4v) is 8.87. The number of esters is 2. The lowest BCUT2D eigenvalue weighted by molar-refractivity contribution is -0.161. The summed E-state index contributed by atoms with van der Waals surface area (Å²) in [4.78, 5) is 35.2. The van der Waals surface area contributed by atoms with Crippen LogP contribution in [-0.4, -0.2) is 49.3 Å². The molecule has 0 saturated heterocycles. The maximum Gasteiger partial charge on any atom is 0.472 e. The van der Waals surface area contributed by atoms with Crippen molar-refractivity contribution in [1.82, 2.24) is 0 Å². The summed E-state index contributed by atoms with van der Waals surface area (Å²) >= 11 is 0. The van der Waals surface area contributed by atoms with Crippen LogP contribution in [0.15, 0.2) is 146 Å². The van der Waals surface area contributed by atoms with Crippen LogP contribution < -0.4 is 5.73 Å². The summed E-state index contributed by atoms with van der Waals surface area (Å²) in [6.45, 7) is 3.58. The van der Waals surface area contributed by atoms with E-state index in [9.17, 15) is 19.0 Å². The number of carbonyl (C=O) groups is 2. The number of nitrogens with two attached hydrogens (primary N) is 1. The summed E-state index contributed by atoms with van der Waals surface area (Å²) in [5, 5.41) is 0. The molecule has 0 spiro atoms.